The van der Waals surface area contributed by atoms with Crippen LogP contribution in [-0.4, -0.2) is 25.1 Å². The van der Waals surface area contributed by atoms with Crippen molar-refractivity contribution in [2.75, 3.05) is 10.6 Å². The first-order valence-corrected chi connectivity index (χ1v) is 10.1. The number of amides is 1. The Morgan fingerprint density at radius 1 is 1.00 bits per heavy atom. The van der Waals surface area contributed by atoms with Gasteiger partial charge in [0, 0.05) is 23.1 Å². The van der Waals surface area contributed by atoms with Crippen molar-refractivity contribution in [3.05, 3.63) is 81.2 Å². The largest absolute Gasteiger partial charge is 0.353 e. The molecule has 0 aliphatic heterocycles. The van der Waals surface area contributed by atoms with Crippen molar-refractivity contribution in [3.63, 3.8) is 0 Å². The number of anilines is 3. The number of aromatic nitrogens is 4. The topological polar surface area (TPSA) is 93.3 Å². The molecule has 164 valence electrons. The molecule has 4 rings (SSSR count). The van der Waals surface area contributed by atoms with Crippen LogP contribution < -0.4 is 16.3 Å². The van der Waals surface area contributed by atoms with Gasteiger partial charge in [-0.25, -0.2) is 23.3 Å². The fourth-order valence-electron chi connectivity index (χ4n) is 3.52. The lowest BCUT2D eigenvalue weighted by molar-refractivity contribution is -0.117. The van der Waals surface area contributed by atoms with Gasteiger partial charge >= 0.3 is 5.69 Å². The van der Waals surface area contributed by atoms with E-state index in [0.717, 1.165) is 21.5 Å². The number of benzene rings is 2. The van der Waals surface area contributed by atoms with Crippen molar-refractivity contribution < 1.29 is 9.18 Å². The Morgan fingerprint density at radius 3 is 2.41 bits per heavy atom. The highest BCUT2D eigenvalue weighted by Gasteiger charge is 2.16. The molecule has 0 saturated carbocycles. The number of carbonyl (C=O) groups excluding carboxylic acids is 1. The average molecular weight is 434 g/mol. The van der Waals surface area contributed by atoms with Crippen LogP contribution in [0.5, 0.6) is 0 Å². The molecular weight excluding hydrogens is 411 g/mol. The molecule has 2 heterocycles. The summed E-state index contributed by atoms with van der Waals surface area (Å²) in [6.07, 6.45) is 0. The van der Waals surface area contributed by atoms with Crippen molar-refractivity contribution >= 4 is 28.9 Å². The van der Waals surface area contributed by atoms with Gasteiger partial charge in [-0.2, -0.15) is 0 Å². The fourth-order valence-corrected chi connectivity index (χ4v) is 3.52. The number of hydrogen-bond donors (Lipinski definition) is 2. The van der Waals surface area contributed by atoms with Gasteiger partial charge in [-0.1, -0.05) is 12.1 Å². The molecule has 0 bridgehead atoms. The normalized spacial score (nSPS) is 11.0. The molecule has 0 fully saturated rings. The van der Waals surface area contributed by atoms with Crippen molar-refractivity contribution in [2.24, 2.45) is 0 Å². The molecule has 32 heavy (non-hydrogen) atoms. The van der Waals surface area contributed by atoms with E-state index in [4.69, 9.17) is 0 Å². The third-order valence-corrected chi connectivity index (χ3v) is 4.92. The minimum atomic E-state index is -0.510. The summed E-state index contributed by atoms with van der Waals surface area (Å²) in [4.78, 5) is 29.9. The van der Waals surface area contributed by atoms with Gasteiger partial charge in [-0.15, -0.1) is 5.10 Å². The molecule has 8 nitrogen and oxygen atoms in total. The summed E-state index contributed by atoms with van der Waals surface area (Å²) in [5, 5.41) is 10.0. The van der Waals surface area contributed by atoms with Crippen molar-refractivity contribution in [1.29, 1.82) is 0 Å². The molecule has 4 aromatic rings. The molecule has 9 heteroatoms. The van der Waals surface area contributed by atoms with Gasteiger partial charge in [0.05, 0.1) is 0 Å². The van der Waals surface area contributed by atoms with Crippen LogP contribution in [0.25, 0.3) is 5.65 Å². The van der Waals surface area contributed by atoms with Crippen LogP contribution in [0.3, 0.4) is 0 Å². The lowest BCUT2D eigenvalue weighted by Crippen LogP contribution is -2.29. The second-order valence-corrected chi connectivity index (χ2v) is 7.87. The number of hydrogen-bond acceptors (Lipinski definition) is 5. The average Bonchev–Trinajstić information content (AvgIpc) is 2.99. The molecular formula is C23H23FN6O2. The summed E-state index contributed by atoms with van der Waals surface area (Å²) in [5.41, 5.74) is 4.25. The van der Waals surface area contributed by atoms with Crippen molar-refractivity contribution in [1.82, 2.24) is 19.2 Å². The molecule has 0 saturated heterocycles. The number of aryl methyl sites for hydroxylation is 4. The van der Waals surface area contributed by atoms with Crippen LogP contribution in [0, 0.1) is 33.5 Å². The van der Waals surface area contributed by atoms with E-state index < -0.39 is 17.4 Å². The maximum absolute atomic E-state index is 13.7. The third kappa shape index (κ3) is 4.36. The molecule has 0 aliphatic carbocycles. The van der Waals surface area contributed by atoms with Gasteiger partial charge in [0.25, 0.3) is 0 Å². The lowest BCUT2D eigenvalue weighted by Gasteiger charge is -2.09. The molecule has 2 aromatic heterocycles. The van der Waals surface area contributed by atoms with E-state index in [1.807, 2.05) is 32.0 Å². The first-order chi connectivity index (χ1) is 15.2. The van der Waals surface area contributed by atoms with Gasteiger partial charge in [0.15, 0.2) is 5.65 Å². The minimum Gasteiger partial charge on any atom is -0.325 e. The Morgan fingerprint density at radius 2 is 1.72 bits per heavy atom. The zero-order valence-electron chi connectivity index (χ0n) is 18.2. The van der Waals surface area contributed by atoms with Gasteiger partial charge in [-0.3, -0.25) is 4.79 Å². The second-order valence-electron chi connectivity index (χ2n) is 7.87. The van der Waals surface area contributed by atoms with Crippen LogP contribution >= 0.6 is 0 Å². The number of fused-ring (bicyclic) bond motifs is 1. The Labute approximate surface area is 183 Å². The molecule has 0 atom stereocenters. The Bertz CT molecular complexity index is 1390. The highest BCUT2D eigenvalue weighted by molar-refractivity contribution is 5.90. The molecule has 0 aliphatic rings. The van der Waals surface area contributed by atoms with Gasteiger partial charge in [0.2, 0.25) is 11.9 Å². The van der Waals surface area contributed by atoms with Crippen LogP contribution in [0.2, 0.25) is 0 Å². The first-order valence-electron chi connectivity index (χ1n) is 10.1. The van der Waals surface area contributed by atoms with Gasteiger partial charge < -0.3 is 10.6 Å². The summed E-state index contributed by atoms with van der Waals surface area (Å²) < 4.78 is 16.1. The minimum absolute atomic E-state index is 0.308. The summed E-state index contributed by atoms with van der Waals surface area (Å²) in [6.45, 7) is 7.09. The zero-order valence-corrected chi connectivity index (χ0v) is 18.2. The summed E-state index contributed by atoms with van der Waals surface area (Å²) in [7, 11) is 0. The van der Waals surface area contributed by atoms with E-state index in [9.17, 15) is 14.0 Å². The summed E-state index contributed by atoms with van der Waals surface area (Å²) in [5.74, 6) is -0.606. The Hall–Kier alpha value is -4.01. The Balaban J connectivity index is 1.64. The third-order valence-electron chi connectivity index (χ3n) is 4.92. The number of halogens is 1. The number of nitrogens with zero attached hydrogens (tertiary/aromatic N) is 4. The maximum atomic E-state index is 13.7. The molecule has 0 radical (unpaired) electrons. The lowest BCUT2D eigenvalue weighted by atomic mass is 10.1. The van der Waals surface area contributed by atoms with Crippen LogP contribution in [0.15, 0.2) is 47.3 Å². The molecule has 0 unspecified atom stereocenters. The molecule has 2 N–H and O–H groups in total. The van der Waals surface area contributed by atoms with Crippen molar-refractivity contribution in [3.8, 4) is 0 Å². The van der Waals surface area contributed by atoms with Gasteiger partial charge in [0.1, 0.15) is 12.4 Å². The quantitative estimate of drug-likeness (QED) is 0.500. The first kappa shape index (κ1) is 21.2. The predicted molar refractivity (Wildman–Crippen MR) is 121 cm³/mol. The highest BCUT2D eigenvalue weighted by atomic mass is 19.1. The fraction of sp³-hybridized carbons (Fsp3) is 0.217. The summed E-state index contributed by atoms with van der Waals surface area (Å²) in [6, 6.07) is 12.0. The Kier molecular flexibility index (Phi) is 5.48. The van der Waals surface area contributed by atoms with E-state index in [-0.39, 0.29) is 6.54 Å². The predicted octanol–water partition coefficient (Wildman–Crippen LogP) is 3.65. The monoisotopic (exact) mass is 434 g/mol. The highest BCUT2D eigenvalue weighted by Crippen LogP contribution is 2.19. The van der Waals surface area contributed by atoms with E-state index in [1.165, 1.54) is 10.5 Å². The van der Waals surface area contributed by atoms with E-state index >= 15 is 0 Å². The molecule has 2 aromatic carbocycles. The van der Waals surface area contributed by atoms with Gasteiger partial charge in [-0.05, 0) is 68.7 Å². The molecule has 0 spiro atoms. The smallest absolute Gasteiger partial charge is 0.325 e. The van der Waals surface area contributed by atoms with Crippen LogP contribution in [-0.2, 0) is 11.3 Å². The van der Waals surface area contributed by atoms with E-state index in [1.54, 1.807) is 32.0 Å². The maximum Gasteiger partial charge on any atom is 0.353 e. The van der Waals surface area contributed by atoms with E-state index in [0.29, 0.717) is 28.5 Å². The van der Waals surface area contributed by atoms with E-state index in [2.05, 4.69) is 20.7 Å². The molecule has 1 amide bonds. The van der Waals surface area contributed by atoms with Crippen LogP contribution in [0.4, 0.5) is 21.7 Å². The van der Waals surface area contributed by atoms with Crippen molar-refractivity contribution in [2.45, 2.75) is 34.2 Å². The standard InChI is InChI=1S/C23H23FN6O2/c1-13-7-14(2)9-18(8-13)27-22-25-16(4)10-20-28-29(23(32)30(20)22)12-21(31)26-17-6-5-15(3)19(24)11-17/h5-11H,12H2,1-4H3,(H,25,27)(H,26,31). The SMILES string of the molecule is Cc1cc(C)cc(Nc2nc(C)cc3nn(CC(=O)Nc4ccc(C)c(F)c4)c(=O)n23)c1. The number of nitrogens with one attached hydrogen (secondary N) is 2. The van der Waals surface area contributed by atoms with Crippen LogP contribution in [0.1, 0.15) is 22.4 Å². The second kappa shape index (κ2) is 8.26. The number of rotatable bonds is 5. The number of carbonyl (C=O) groups is 1. The summed E-state index contributed by atoms with van der Waals surface area (Å²) >= 11 is 0. The zero-order chi connectivity index (χ0) is 23.0.